The lowest BCUT2D eigenvalue weighted by molar-refractivity contribution is -0.129. The SMILES string of the molecule is O=C(O)C1=NNCC1c1ccccc1. The first-order chi connectivity index (χ1) is 6.79. The molecule has 0 fully saturated rings. The molecule has 1 aromatic rings. The van der Waals surface area contributed by atoms with E-state index in [1.807, 2.05) is 30.3 Å². The fourth-order valence-electron chi connectivity index (χ4n) is 1.55. The van der Waals surface area contributed by atoms with Crippen molar-refractivity contribution in [2.75, 3.05) is 6.54 Å². The third kappa shape index (κ3) is 1.46. The number of benzene rings is 1. The predicted molar refractivity (Wildman–Crippen MR) is 52.3 cm³/mol. The third-order valence-electron chi connectivity index (χ3n) is 2.25. The Labute approximate surface area is 81.3 Å². The number of hydrogen-bond donors (Lipinski definition) is 2. The van der Waals surface area contributed by atoms with Crippen LogP contribution in [-0.2, 0) is 4.79 Å². The minimum absolute atomic E-state index is 0.131. The van der Waals surface area contributed by atoms with Crippen molar-refractivity contribution in [2.24, 2.45) is 5.10 Å². The van der Waals surface area contributed by atoms with Crippen molar-refractivity contribution < 1.29 is 9.90 Å². The maximum Gasteiger partial charge on any atom is 0.352 e. The van der Waals surface area contributed by atoms with Gasteiger partial charge in [0.1, 0.15) is 0 Å². The van der Waals surface area contributed by atoms with Gasteiger partial charge in [-0.15, -0.1) is 0 Å². The van der Waals surface area contributed by atoms with Crippen molar-refractivity contribution >= 4 is 11.7 Å². The second-order valence-electron chi connectivity index (χ2n) is 3.13. The van der Waals surface area contributed by atoms with E-state index in [1.54, 1.807) is 0 Å². The maximum atomic E-state index is 10.8. The van der Waals surface area contributed by atoms with Gasteiger partial charge in [0.2, 0.25) is 0 Å². The average Bonchev–Trinajstić information content (AvgIpc) is 2.67. The summed E-state index contributed by atoms with van der Waals surface area (Å²) in [6.45, 7) is 0.561. The molecule has 1 aliphatic rings. The Morgan fingerprint density at radius 3 is 2.79 bits per heavy atom. The Kier molecular flexibility index (Phi) is 2.18. The summed E-state index contributed by atoms with van der Waals surface area (Å²) in [6, 6.07) is 9.52. The molecule has 1 aromatic carbocycles. The van der Waals surface area contributed by atoms with Gasteiger partial charge in [-0.1, -0.05) is 30.3 Å². The molecule has 1 heterocycles. The van der Waals surface area contributed by atoms with Gasteiger partial charge in [-0.2, -0.15) is 5.10 Å². The highest BCUT2D eigenvalue weighted by atomic mass is 16.4. The molecule has 0 saturated heterocycles. The molecule has 4 heteroatoms. The summed E-state index contributed by atoms with van der Waals surface area (Å²) in [7, 11) is 0. The Bertz CT molecular complexity index is 373. The molecule has 4 nitrogen and oxygen atoms in total. The number of carboxylic acid groups (broad SMARTS) is 1. The lowest BCUT2D eigenvalue weighted by Gasteiger charge is -2.08. The lowest BCUT2D eigenvalue weighted by Crippen LogP contribution is -2.20. The van der Waals surface area contributed by atoms with Gasteiger partial charge in [-0.25, -0.2) is 4.79 Å². The van der Waals surface area contributed by atoms with Crippen LogP contribution in [0.25, 0.3) is 0 Å². The molecule has 0 bridgehead atoms. The van der Waals surface area contributed by atoms with Crippen molar-refractivity contribution in [3.8, 4) is 0 Å². The number of rotatable bonds is 2. The molecule has 1 atom stereocenters. The summed E-state index contributed by atoms with van der Waals surface area (Å²) in [5.74, 6) is -1.09. The molecule has 14 heavy (non-hydrogen) atoms. The zero-order valence-electron chi connectivity index (χ0n) is 7.47. The first-order valence-corrected chi connectivity index (χ1v) is 4.37. The summed E-state index contributed by atoms with van der Waals surface area (Å²) in [6.07, 6.45) is 0. The zero-order valence-corrected chi connectivity index (χ0v) is 7.47. The van der Waals surface area contributed by atoms with Gasteiger partial charge in [0, 0.05) is 6.54 Å². The van der Waals surface area contributed by atoms with Crippen LogP contribution in [0.3, 0.4) is 0 Å². The molecular formula is C10H10N2O2. The van der Waals surface area contributed by atoms with Gasteiger partial charge in [0.25, 0.3) is 0 Å². The lowest BCUT2D eigenvalue weighted by atomic mass is 9.95. The van der Waals surface area contributed by atoms with E-state index in [-0.39, 0.29) is 11.6 Å². The van der Waals surface area contributed by atoms with Crippen LogP contribution < -0.4 is 5.43 Å². The number of carboxylic acids is 1. The fourth-order valence-corrected chi connectivity index (χ4v) is 1.55. The second-order valence-corrected chi connectivity index (χ2v) is 3.13. The molecular weight excluding hydrogens is 180 g/mol. The monoisotopic (exact) mass is 190 g/mol. The van der Waals surface area contributed by atoms with Crippen LogP contribution in [-0.4, -0.2) is 23.3 Å². The van der Waals surface area contributed by atoms with Crippen LogP contribution >= 0.6 is 0 Å². The average molecular weight is 190 g/mol. The molecule has 0 saturated carbocycles. The van der Waals surface area contributed by atoms with E-state index in [0.717, 1.165) is 5.56 Å². The predicted octanol–water partition coefficient (Wildman–Crippen LogP) is 0.814. The Morgan fingerprint density at radius 2 is 2.14 bits per heavy atom. The molecule has 0 amide bonds. The fraction of sp³-hybridized carbons (Fsp3) is 0.200. The highest BCUT2D eigenvalue weighted by Gasteiger charge is 2.28. The van der Waals surface area contributed by atoms with Gasteiger partial charge in [0.15, 0.2) is 5.71 Å². The summed E-state index contributed by atoms with van der Waals surface area (Å²) in [5, 5.41) is 12.6. The largest absolute Gasteiger partial charge is 0.477 e. The van der Waals surface area contributed by atoms with E-state index in [2.05, 4.69) is 10.5 Å². The Morgan fingerprint density at radius 1 is 1.43 bits per heavy atom. The first kappa shape index (κ1) is 8.74. The van der Waals surface area contributed by atoms with E-state index in [9.17, 15) is 4.79 Å². The highest BCUT2D eigenvalue weighted by Crippen LogP contribution is 2.19. The van der Waals surface area contributed by atoms with Gasteiger partial charge in [-0.3, -0.25) is 0 Å². The highest BCUT2D eigenvalue weighted by molar-refractivity contribution is 6.38. The van der Waals surface area contributed by atoms with Crippen LogP contribution in [0.5, 0.6) is 0 Å². The summed E-state index contributed by atoms with van der Waals surface area (Å²) in [5.41, 5.74) is 3.89. The van der Waals surface area contributed by atoms with Crippen LogP contribution in [0.15, 0.2) is 35.4 Å². The number of carbonyl (C=O) groups is 1. The van der Waals surface area contributed by atoms with E-state index in [0.29, 0.717) is 6.54 Å². The topological polar surface area (TPSA) is 61.7 Å². The number of nitrogens with one attached hydrogen (secondary N) is 1. The molecule has 0 spiro atoms. The molecule has 0 aromatic heterocycles. The summed E-state index contributed by atoms with van der Waals surface area (Å²) >= 11 is 0. The van der Waals surface area contributed by atoms with Gasteiger partial charge >= 0.3 is 5.97 Å². The number of hydrazone groups is 1. The Balaban J connectivity index is 2.29. The summed E-state index contributed by atoms with van der Waals surface area (Å²) < 4.78 is 0. The molecule has 2 rings (SSSR count). The maximum absolute atomic E-state index is 10.8. The molecule has 2 N–H and O–H groups in total. The van der Waals surface area contributed by atoms with Gasteiger partial charge < -0.3 is 10.5 Å². The van der Waals surface area contributed by atoms with Gasteiger partial charge in [0.05, 0.1) is 5.92 Å². The molecule has 72 valence electrons. The molecule has 1 unspecified atom stereocenters. The van der Waals surface area contributed by atoms with E-state index >= 15 is 0 Å². The minimum Gasteiger partial charge on any atom is -0.477 e. The van der Waals surface area contributed by atoms with Crippen LogP contribution in [0.4, 0.5) is 0 Å². The van der Waals surface area contributed by atoms with Crippen LogP contribution in [0, 0.1) is 0 Å². The molecule has 0 radical (unpaired) electrons. The standard InChI is InChI=1S/C10H10N2O2/c13-10(14)9-8(6-11-12-9)7-4-2-1-3-5-7/h1-5,8,11H,6H2,(H,13,14). The molecule has 1 aliphatic heterocycles. The third-order valence-corrected chi connectivity index (χ3v) is 2.25. The van der Waals surface area contributed by atoms with E-state index in [4.69, 9.17) is 5.11 Å². The second kappa shape index (κ2) is 3.49. The van der Waals surface area contributed by atoms with Crippen molar-refractivity contribution in [2.45, 2.75) is 5.92 Å². The Hall–Kier alpha value is -1.84. The molecule has 0 aliphatic carbocycles. The van der Waals surface area contributed by atoms with Crippen molar-refractivity contribution in [1.29, 1.82) is 0 Å². The van der Waals surface area contributed by atoms with E-state index < -0.39 is 5.97 Å². The normalized spacial score (nSPS) is 20.0. The van der Waals surface area contributed by atoms with Crippen molar-refractivity contribution in [3.63, 3.8) is 0 Å². The zero-order chi connectivity index (χ0) is 9.97. The van der Waals surface area contributed by atoms with Gasteiger partial charge in [-0.05, 0) is 5.56 Å². The smallest absolute Gasteiger partial charge is 0.352 e. The minimum atomic E-state index is -0.955. The van der Waals surface area contributed by atoms with E-state index in [1.165, 1.54) is 0 Å². The van der Waals surface area contributed by atoms with Crippen molar-refractivity contribution in [3.05, 3.63) is 35.9 Å². The first-order valence-electron chi connectivity index (χ1n) is 4.37. The number of nitrogens with zero attached hydrogens (tertiary/aromatic N) is 1. The van der Waals surface area contributed by atoms with Crippen molar-refractivity contribution in [1.82, 2.24) is 5.43 Å². The summed E-state index contributed by atoms with van der Waals surface area (Å²) in [4.78, 5) is 10.8. The van der Waals surface area contributed by atoms with Crippen LogP contribution in [0.2, 0.25) is 0 Å². The number of hydrogen-bond acceptors (Lipinski definition) is 3. The quantitative estimate of drug-likeness (QED) is 0.725. The van der Waals surface area contributed by atoms with Crippen LogP contribution in [0.1, 0.15) is 11.5 Å². The number of aliphatic carboxylic acids is 1.